The summed E-state index contributed by atoms with van der Waals surface area (Å²) in [5, 5.41) is 0. The minimum absolute atomic E-state index is 0.100. The van der Waals surface area contributed by atoms with Crippen LogP contribution in [0.15, 0.2) is 12.1 Å². The van der Waals surface area contributed by atoms with Crippen molar-refractivity contribution in [2.75, 3.05) is 14.2 Å². The molecule has 0 fully saturated rings. The number of nitrogens with zero attached hydrogens (tertiary/aromatic N) is 2. The highest BCUT2D eigenvalue weighted by atomic mass is 16.5. The van der Waals surface area contributed by atoms with Gasteiger partial charge >= 0.3 is 0 Å². The Balaban J connectivity index is 2.73. The summed E-state index contributed by atoms with van der Waals surface area (Å²) in [6.07, 6.45) is 0. The molecule has 0 saturated carbocycles. The van der Waals surface area contributed by atoms with Gasteiger partial charge in [0.05, 0.1) is 30.9 Å². The van der Waals surface area contributed by atoms with E-state index in [0.717, 1.165) is 0 Å². The van der Waals surface area contributed by atoms with Gasteiger partial charge in [-0.25, -0.2) is 9.97 Å². The SMILES string of the molecule is COc1cc2nc(C)c(C(C)=O)nc2cc1OC. The largest absolute Gasteiger partial charge is 0.493 e. The lowest BCUT2D eigenvalue weighted by molar-refractivity contribution is 0.101. The molecule has 2 rings (SSSR count). The zero-order valence-corrected chi connectivity index (χ0v) is 10.8. The third-order valence-electron chi connectivity index (χ3n) is 2.68. The van der Waals surface area contributed by atoms with Crippen LogP contribution >= 0.6 is 0 Å². The van der Waals surface area contributed by atoms with E-state index in [-0.39, 0.29) is 5.78 Å². The molecule has 0 N–H and O–H groups in total. The minimum atomic E-state index is -0.100. The van der Waals surface area contributed by atoms with Gasteiger partial charge in [0, 0.05) is 19.1 Å². The molecule has 5 heteroatoms. The van der Waals surface area contributed by atoms with Crippen LogP contribution in [0.1, 0.15) is 23.1 Å². The molecule has 1 heterocycles. The topological polar surface area (TPSA) is 61.3 Å². The van der Waals surface area contributed by atoms with Crippen molar-refractivity contribution in [2.24, 2.45) is 0 Å². The molecular formula is C13H14N2O3. The molecule has 5 nitrogen and oxygen atoms in total. The van der Waals surface area contributed by atoms with Crippen molar-refractivity contribution in [3.8, 4) is 11.5 Å². The molecule has 0 bridgehead atoms. The first-order valence-electron chi connectivity index (χ1n) is 5.48. The molecule has 0 radical (unpaired) electrons. The van der Waals surface area contributed by atoms with E-state index in [4.69, 9.17) is 9.47 Å². The maximum atomic E-state index is 11.4. The molecule has 1 aromatic carbocycles. The first-order chi connectivity index (χ1) is 8.56. The number of ether oxygens (including phenoxy) is 2. The van der Waals surface area contributed by atoms with E-state index in [0.29, 0.717) is 33.9 Å². The van der Waals surface area contributed by atoms with E-state index in [1.807, 2.05) is 0 Å². The molecule has 0 amide bonds. The van der Waals surface area contributed by atoms with Gasteiger partial charge in [-0.3, -0.25) is 4.79 Å². The monoisotopic (exact) mass is 246 g/mol. The summed E-state index contributed by atoms with van der Waals surface area (Å²) in [6.45, 7) is 3.24. The zero-order chi connectivity index (χ0) is 13.3. The first kappa shape index (κ1) is 12.3. The van der Waals surface area contributed by atoms with Crippen molar-refractivity contribution in [1.82, 2.24) is 9.97 Å². The quantitative estimate of drug-likeness (QED) is 0.776. The third-order valence-corrected chi connectivity index (χ3v) is 2.68. The first-order valence-corrected chi connectivity index (χ1v) is 5.48. The normalized spacial score (nSPS) is 10.4. The second kappa shape index (κ2) is 4.60. The van der Waals surface area contributed by atoms with Gasteiger partial charge in [-0.15, -0.1) is 0 Å². The Morgan fingerprint density at radius 1 is 1.06 bits per heavy atom. The molecule has 0 spiro atoms. The third kappa shape index (κ3) is 1.99. The van der Waals surface area contributed by atoms with E-state index in [1.165, 1.54) is 6.92 Å². The van der Waals surface area contributed by atoms with Crippen LogP contribution in [0.2, 0.25) is 0 Å². The molecule has 1 aromatic heterocycles. The summed E-state index contributed by atoms with van der Waals surface area (Å²) in [6, 6.07) is 3.46. The number of carbonyl (C=O) groups excluding carboxylic acids is 1. The Morgan fingerprint density at radius 2 is 1.56 bits per heavy atom. The molecule has 0 aliphatic carbocycles. The average molecular weight is 246 g/mol. The standard InChI is InChI=1S/C13H14N2O3/c1-7-13(8(2)16)15-10-6-12(18-4)11(17-3)5-9(10)14-7/h5-6H,1-4H3. The predicted octanol–water partition coefficient (Wildman–Crippen LogP) is 2.16. The highest BCUT2D eigenvalue weighted by Gasteiger charge is 2.12. The number of benzene rings is 1. The molecule has 2 aromatic rings. The molecule has 0 saturated heterocycles. The van der Waals surface area contributed by atoms with Crippen LogP contribution in [0, 0.1) is 6.92 Å². The van der Waals surface area contributed by atoms with E-state index in [1.54, 1.807) is 33.3 Å². The summed E-state index contributed by atoms with van der Waals surface area (Å²) >= 11 is 0. The predicted molar refractivity (Wildman–Crippen MR) is 67.4 cm³/mol. The van der Waals surface area contributed by atoms with Crippen LogP contribution in [0.25, 0.3) is 11.0 Å². The molecule has 0 unspecified atom stereocenters. The molecular weight excluding hydrogens is 232 g/mol. The Kier molecular flexibility index (Phi) is 3.14. The maximum Gasteiger partial charge on any atom is 0.179 e. The Hall–Kier alpha value is -2.17. The van der Waals surface area contributed by atoms with E-state index < -0.39 is 0 Å². The van der Waals surface area contributed by atoms with Gasteiger partial charge in [-0.2, -0.15) is 0 Å². The molecule has 0 atom stereocenters. The Bertz CT molecular complexity index is 623. The van der Waals surface area contributed by atoms with Crippen molar-refractivity contribution >= 4 is 16.8 Å². The number of Topliss-reactive ketones (excluding diaryl/α,β-unsaturated/α-hetero) is 1. The Morgan fingerprint density at radius 3 is 2.00 bits per heavy atom. The lowest BCUT2D eigenvalue weighted by Crippen LogP contribution is -2.04. The number of rotatable bonds is 3. The van der Waals surface area contributed by atoms with Crippen LogP contribution in [0.5, 0.6) is 11.5 Å². The molecule has 0 aliphatic rings. The number of aromatic nitrogens is 2. The highest BCUT2D eigenvalue weighted by molar-refractivity contribution is 5.95. The second-order valence-corrected chi connectivity index (χ2v) is 3.91. The van der Waals surface area contributed by atoms with Gasteiger partial charge in [0.25, 0.3) is 0 Å². The van der Waals surface area contributed by atoms with Gasteiger partial charge in [0.2, 0.25) is 0 Å². The number of ketones is 1. The van der Waals surface area contributed by atoms with Gasteiger partial charge in [-0.05, 0) is 6.92 Å². The summed E-state index contributed by atoms with van der Waals surface area (Å²) in [4.78, 5) is 20.1. The van der Waals surface area contributed by atoms with Crippen molar-refractivity contribution in [3.05, 3.63) is 23.5 Å². The van der Waals surface area contributed by atoms with E-state index in [9.17, 15) is 4.79 Å². The number of hydrogen-bond acceptors (Lipinski definition) is 5. The van der Waals surface area contributed by atoms with Crippen LogP contribution < -0.4 is 9.47 Å². The fraction of sp³-hybridized carbons (Fsp3) is 0.308. The van der Waals surface area contributed by atoms with Crippen molar-refractivity contribution < 1.29 is 14.3 Å². The van der Waals surface area contributed by atoms with E-state index in [2.05, 4.69) is 9.97 Å². The number of fused-ring (bicyclic) bond motifs is 1. The number of carbonyl (C=O) groups is 1. The minimum Gasteiger partial charge on any atom is -0.493 e. The van der Waals surface area contributed by atoms with E-state index >= 15 is 0 Å². The summed E-state index contributed by atoms with van der Waals surface area (Å²) in [5.74, 6) is 1.06. The fourth-order valence-electron chi connectivity index (χ4n) is 1.81. The summed E-state index contributed by atoms with van der Waals surface area (Å²) in [5.41, 5.74) is 2.29. The highest BCUT2D eigenvalue weighted by Crippen LogP contribution is 2.30. The van der Waals surface area contributed by atoms with Gasteiger partial charge in [0.15, 0.2) is 17.3 Å². The fourth-order valence-corrected chi connectivity index (χ4v) is 1.81. The number of methoxy groups -OCH3 is 2. The van der Waals surface area contributed by atoms with Crippen LogP contribution in [-0.2, 0) is 0 Å². The van der Waals surface area contributed by atoms with Crippen LogP contribution in [-0.4, -0.2) is 30.0 Å². The van der Waals surface area contributed by atoms with Crippen molar-refractivity contribution in [3.63, 3.8) is 0 Å². The van der Waals surface area contributed by atoms with Gasteiger partial charge in [0.1, 0.15) is 5.69 Å². The molecule has 0 aliphatic heterocycles. The van der Waals surface area contributed by atoms with Crippen molar-refractivity contribution in [2.45, 2.75) is 13.8 Å². The zero-order valence-electron chi connectivity index (χ0n) is 10.8. The van der Waals surface area contributed by atoms with Gasteiger partial charge < -0.3 is 9.47 Å². The molecule has 94 valence electrons. The van der Waals surface area contributed by atoms with Crippen molar-refractivity contribution in [1.29, 1.82) is 0 Å². The number of hydrogen-bond donors (Lipinski definition) is 0. The van der Waals surface area contributed by atoms with Crippen LogP contribution in [0.4, 0.5) is 0 Å². The summed E-state index contributed by atoms with van der Waals surface area (Å²) < 4.78 is 10.4. The Labute approximate surface area is 105 Å². The lowest BCUT2D eigenvalue weighted by atomic mass is 10.2. The van der Waals surface area contributed by atoms with Gasteiger partial charge in [-0.1, -0.05) is 0 Å². The molecule has 18 heavy (non-hydrogen) atoms. The lowest BCUT2D eigenvalue weighted by Gasteiger charge is -2.09. The maximum absolute atomic E-state index is 11.4. The summed E-state index contributed by atoms with van der Waals surface area (Å²) in [7, 11) is 3.12. The number of aryl methyl sites for hydroxylation is 1. The smallest absolute Gasteiger partial charge is 0.179 e. The average Bonchev–Trinajstić information content (AvgIpc) is 2.36. The van der Waals surface area contributed by atoms with Crippen LogP contribution in [0.3, 0.4) is 0 Å². The second-order valence-electron chi connectivity index (χ2n) is 3.91.